The number of hydrogen-bond donors (Lipinski definition) is 1. The Morgan fingerprint density at radius 3 is 2.38 bits per heavy atom. The number of hydrogen-bond acceptors (Lipinski definition) is 6. The zero-order valence-electron chi connectivity index (χ0n) is 14.0. The summed E-state index contributed by atoms with van der Waals surface area (Å²) in [5.41, 5.74) is 0.883. The fraction of sp³-hybridized carbons (Fsp3) is 0.235. The molecule has 26 heavy (non-hydrogen) atoms. The first-order valence-corrected chi connectivity index (χ1v) is 9.33. The summed E-state index contributed by atoms with van der Waals surface area (Å²) in [4.78, 5) is 28.8. The van der Waals surface area contributed by atoms with Crippen molar-refractivity contribution in [1.82, 2.24) is 9.71 Å². The lowest BCUT2D eigenvalue weighted by atomic mass is 10.2. The molecule has 0 atom stereocenters. The van der Waals surface area contributed by atoms with Gasteiger partial charge in [0, 0.05) is 31.8 Å². The minimum atomic E-state index is -3.85. The average molecular weight is 375 g/mol. The molecule has 2 aromatic rings. The summed E-state index contributed by atoms with van der Waals surface area (Å²) in [5.74, 6) is -0.512. The van der Waals surface area contributed by atoms with Crippen molar-refractivity contribution in [3.05, 3.63) is 48.3 Å². The van der Waals surface area contributed by atoms with E-state index in [0.29, 0.717) is 0 Å². The van der Waals surface area contributed by atoms with Crippen LogP contribution in [0, 0.1) is 0 Å². The minimum Gasteiger partial charge on any atom is -0.495 e. The third-order valence-corrected chi connectivity index (χ3v) is 5.37. The average Bonchev–Trinajstić information content (AvgIpc) is 2.98. The monoisotopic (exact) mass is 375 g/mol. The summed E-state index contributed by atoms with van der Waals surface area (Å²) < 4.78 is 32.8. The van der Waals surface area contributed by atoms with Gasteiger partial charge >= 0.3 is 0 Å². The van der Waals surface area contributed by atoms with E-state index in [4.69, 9.17) is 4.74 Å². The number of sulfonamides is 1. The highest BCUT2D eigenvalue weighted by atomic mass is 32.2. The number of imide groups is 1. The molecule has 0 saturated carbocycles. The van der Waals surface area contributed by atoms with E-state index in [-0.39, 0.29) is 47.5 Å². The molecule has 0 spiro atoms. The third-order valence-electron chi connectivity index (χ3n) is 3.97. The Morgan fingerprint density at radius 1 is 1.12 bits per heavy atom. The SMILES string of the molecule is COc1ccc(S(=O)(=O)NCc2ccncc2)cc1N1C(=O)CCC1=O. The lowest BCUT2D eigenvalue weighted by Gasteiger charge is -2.18. The molecule has 0 radical (unpaired) electrons. The van der Waals surface area contributed by atoms with Gasteiger partial charge in [-0.25, -0.2) is 18.0 Å². The molecule has 2 amide bonds. The Bertz CT molecular complexity index is 928. The molecule has 3 rings (SSSR count). The summed E-state index contributed by atoms with van der Waals surface area (Å²) in [6.45, 7) is 0.0911. The Balaban J connectivity index is 1.91. The predicted molar refractivity (Wildman–Crippen MR) is 93.0 cm³/mol. The predicted octanol–water partition coefficient (Wildman–Crippen LogP) is 1.22. The first kappa shape index (κ1) is 18.0. The van der Waals surface area contributed by atoms with Crippen LogP contribution in [0.15, 0.2) is 47.6 Å². The fourth-order valence-electron chi connectivity index (χ4n) is 2.62. The minimum absolute atomic E-state index is 0.0603. The first-order valence-electron chi connectivity index (χ1n) is 7.85. The number of benzene rings is 1. The molecule has 0 bridgehead atoms. The van der Waals surface area contributed by atoms with E-state index in [9.17, 15) is 18.0 Å². The number of amides is 2. The molecule has 0 aliphatic carbocycles. The zero-order chi connectivity index (χ0) is 18.7. The number of nitrogens with zero attached hydrogens (tertiary/aromatic N) is 2. The van der Waals surface area contributed by atoms with E-state index in [1.54, 1.807) is 24.5 Å². The molecule has 1 fully saturated rings. The van der Waals surface area contributed by atoms with Gasteiger partial charge in [-0.3, -0.25) is 14.6 Å². The van der Waals surface area contributed by atoms with Crippen LogP contribution in [0.4, 0.5) is 5.69 Å². The standard InChI is InChI=1S/C17H17N3O5S/c1-25-15-3-2-13(10-14(15)20-16(21)4-5-17(20)22)26(23,24)19-11-12-6-8-18-9-7-12/h2-3,6-10,19H,4-5,11H2,1H3. The summed E-state index contributed by atoms with van der Waals surface area (Å²) in [6.07, 6.45) is 3.33. The maximum absolute atomic E-state index is 12.6. The van der Waals surface area contributed by atoms with Crippen LogP contribution in [0.3, 0.4) is 0 Å². The van der Waals surface area contributed by atoms with Gasteiger partial charge in [-0.15, -0.1) is 0 Å². The summed E-state index contributed by atoms with van der Waals surface area (Å²) in [7, 11) is -2.46. The van der Waals surface area contributed by atoms with E-state index >= 15 is 0 Å². The van der Waals surface area contributed by atoms with Crippen LogP contribution in [0.1, 0.15) is 18.4 Å². The Hall–Kier alpha value is -2.78. The number of rotatable bonds is 6. The van der Waals surface area contributed by atoms with E-state index in [1.165, 1.54) is 25.3 Å². The van der Waals surface area contributed by atoms with Crippen LogP contribution in [-0.2, 0) is 26.2 Å². The number of carbonyl (C=O) groups is 2. The van der Waals surface area contributed by atoms with E-state index < -0.39 is 10.0 Å². The zero-order valence-corrected chi connectivity index (χ0v) is 14.8. The number of methoxy groups -OCH3 is 1. The molecule has 136 valence electrons. The van der Waals surface area contributed by atoms with Crippen molar-refractivity contribution in [3.63, 3.8) is 0 Å². The van der Waals surface area contributed by atoms with E-state index in [2.05, 4.69) is 9.71 Å². The Labute approximate surface area is 150 Å². The van der Waals surface area contributed by atoms with Gasteiger partial charge in [-0.1, -0.05) is 0 Å². The quantitative estimate of drug-likeness (QED) is 0.761. The lowest BCUT2D eigenvalue weighted by molar-refractivity contribution is -0.121. The van der Waals surface area contributed by atoms with E-state index in [1.807, 2.05) is 0 Å². The molecule has 2 heterocycles. The molecular weight excluding hydrogens is 358 g/mol. The van der Waals surface area contributed by atoms with Crippen molar-refractivity contribution in [2.45, 2.75) is 24.3 Å². The van der Waals surface area contributed by atoms with Gasteiger partial charge in [0.15, 0.2) is 0 Å². The number of ether oxygens (including phenoxy) is 1. The van der Waals surface area contributed by atoms with Gasteiger partial charge in [-0.2, -0.15) is 0 Å². The van der Waals surface area contributed by atoms with Crippen LogP contribution in [0.25, 0.3) is 0 Å². The second-order valence-corrected chi connectivity index (χ2v) is 7.40. The van der Waals surface area contributed by atoms with Gasteiger partial charge in [-0.05, 0) is 35.9 Å². The van der Waals surface area contributed by atoms with E-state index in [0.717, 1.165) is 10.5 Å². The molecule has 1 saturated heterocycles. The highest BCUT2D eigenvalue weighted by Gasteiger charge is 2.33. The first-order chi connectivity index (χ1) is 12.4. The summed E-state index contributed by atoms with van der Waals surface area (Å²) in [6, 6.07) is 7.46. The van der Waals surface area contributed by atoms with Crippen LogP contribution in [0.2, 0.25) is 0 Å². The van der Waals surface area contributed by atoms with Crippen LogP contribution >= 0.6 is 0 Å². The van der Waals surface area contributed by atoms with Crippen molar-refractivity contribution in [2.75, 3.05) is 12.0 Å². The molecule has 1 aliphatic heterocycles. The summed E-state index contributed by atoms with van der Waals surface area (Å²) in [5, 5.41) is 0. The van der Waals surface area contributed by atoms with Crippen molar-refractivity contribution in [2.24, 2.45) is 0 Å². The van der Waals surface area contributed by atoms with Crippen LogP contribution < -0.4 is 14.4 Å². The Morgan fingerprint density at radius 2 is 1.77 bits per heavy atom. The number of carbonyl (C=O) groups excluding carboxylic acids is 2. The molecule has 1 aromatic heterocycles. The fourth-order valence-corrected chi connectivity index (χ4v) is 3.66. The lowest BCUT2D eigenvalue weighted by Crippen LogP contribution is -2.29. The smallest absolute Gasteiger partial charge is 0.240 e. The van der Waals surface area contributed by atoms with Crippen LogP contribution in [-0.4, -0.2) is 32.3 Å². The number of anilines is 1. The second-order valence-electron chi connectivity index (χ2n) is 5.64. The largest absolute Gasteiger partial charge is 0.495 e. The van der Waals surface area contributed by atoms with Crippen molar-refractivity contribution < 1.29 is 22.7 Å². The summed E-state index contributed by atoms with van der Waals surface area (Å²) >= 11 is 0. The normalized spacial score (nSPS) is 14.7. The number of pyridine rings is 1. The van der Waals surface area contributed by atoms with Crippen molar-refractivity contribution in [1.29, 1.82) is 0 Å². The molecule has 1 aliphatic rings. The highest BCUT2D eigenvalue weighted by Crippen LogP contribution is 2.34. The van der Waals surface area contributed by atoms with Crippen molar-refractivity contribution >= 4 is 27.5 Å². The highest BCUT2D eigenvalue weighted by molar-refractivity contribution is 7.89. The number of nitrogens with one attached hydrogen (secondary N) is 1. The van der Waals surface area contributed by atoms with Crippen molar-refractivity contribution in [3.8, 4) is 5.75 Å². The van der Waals surface area contributed by atoms with Gasteiger partial charge in [0.25, 0.3) is 0 Å². The topological polar surface area (TPSA) is 106 Å². The Kier molecular flexibility index (Phi) is 5.01. The molecule has 1 aromatic carbocycles. The molecular formula is C17H17N3O5S. The number of aromatic nitrogens is 1. The maximum Gasteiger partial charge on any atom is 0.240 e. The third kappa shape index (κ3) is 3.58. The maximum atomic E-state index is 12.6. The second kappa shape index (κ2) is 7.22. The van der Waals surface area contributed by atoms with Gasteiger partial charge < -0.3 is 4.74 Å². The van der Waals surface area contributed by atoms with Crippen LogP contribution in [0.5, 0.6) is 5.75 Å². The van der Waals surface area contributed by atoms with Gasteiger partial charge in [0.05, 0.1) is 17.7 Å². The molecule has 9 heteroatoms. The molecule has 1 N–H and O–H groups in total. The van der Waals surface area contributed by atoms with Gasteiger partial charge in [0.2, 0.25) is 21.8 Å². The molecule has 8 nitrogen and oxygen atoms in total. The van der Waals surface area contributed by atoms with Gasteiger partial charge in [0.1, 0.15) is 5.75 Å². The molecule has 0 unspecified atom stereocenters.